The normalized spacial score (nSPS) is 10.6. The maximum atomic E-state index is 12.7. The Labute approximate surface area is 153 Å². The number of benzene rings is 2. The smallest absolute Gasteiger partial charge is 0.259 e. The summed E-state index contributed by atoms with van der Waals surface area (Å²) in [5.74, 6) is 2.05. The fourth-order valence-electron chi connectivity index (χ4n) is 3.13. The first-order chi connectivity index (χ1) is 12.5. The number of carbonyl (C=O) groups excluding carboxylic acids is 1. The van der Waals surface area contributed by atoms with Crippen molar-refractivity contribution in [2.24, 2.45) is 0 Å². The van der Waals surface area contributed by atoms with Gasteiger partial charge in [0.2, 0.25) is 0 Å². The molecule has 3 aromatic rings. The SMILES string of the molecule is COc1ccc(NC(=O)c2c(C)oc(C)c2C)cc1Cc1ccccc1. The number of anilines is 1. The highest BCUT2D eigenvalue weighted by Crippen LogP contribution is 2.27. The van der Waals surface area contributed by atoms with Gasteiger partial charge in [0.25, 0.3) is 5.91 Å². The molecule has 1 heterocycles. The molecule has 1 N–H and O–H groups in total. The van der Waals surface area contributed by atoms with Gasteiger partial charge in [0, 0.05) is 23.2 Å². The van der Waals surface area contributed by atoms with E-state index in [1.807, 2.05) is 57.2 Å². The van der Waals surface area contributed by atoms with Gasteiger partial charge in [-0.25, -0.2) is 0 Å². The quantitative estimate of drug-likeness (QED) is 0.701. The molecule has 4 nitrogen and oxygen atoms in total. The van der Waals surface area contributed by atoms with Crippen LogP contribution in [-0.4, -0.2) is 13.0 Å². The number of methoxy groups -OCH3 is 1. The second kappa shape index (κ2) is 7.48. The maximum absolute atomic E-state index is 12.7. The monoisotopic (exact) mass is 349 g/mol. The molecule has 0 bridgehead atoms. The molecule has 26 heavy (non-hydrogen) atoms. The molecule has 1 aromatic heterocycles. The summed E-state index contributed by atoms with van der Waals surface area (Å²) in [5, 5.41) is 2.98. The maximum Gasteiger partial charge on any atom is 0.259 e. The summed E-state index contributed by atoms with van der Waals surface area (Å²) in [5.41, 5.74) is 4.42. The summed E-state index contributed by atoms with van der Waals surface area (Å²) >= 11 is 0. The van der Waals surface area contributed by atoms with Gasteiger partial charge >= 0.3 is 0 Å². The number of rotatable bonds is 5. The molecule has 0 fully saturated rings. The van der Waals surface area contributed by atoms with E-state index in [-0.39, 0.29) is 5.91 Å². The van der Waals surface area contributed by atoms with E-state index in [4.69, 9.17) is 9.15 Å². The second-order valence-electron chi connectivity index (χ2n) is 6.36. The van der Waals surface area contributed by atoms with E-state index < -0.39 is 0 Å². The number of hydrogen-bond donors (Lipinski definition) is 1. The molecule has 2 aromatic carbocycles. The van der Waals surface area contributed by atoms with E-state index in [0.29, 0.717) is 11.3 Å². The molecule has 0 spiro atoms. The van der Waals surface area contributed by atoms with E-state index in [9.17, 15) is 4.79 Å². The summed E-state index contributed by atoms with van der Waals surface area (Å²) in [6.45, 7) is 5.57. The van der Waals surface area contributed by atoms with Crippen molar-refractivity contribution in [1.82, 2.24) is 0 Å². The highest BCUT2D eigenvalue weighted by atomic mass is 16.5. The first kappa shape index (κ1) is 17.8. The Hall–Kier alpha value is -3.01. The Balaban J connectivity index is 1.86. The molecule has 3 rings (SSSR count). The van der Waals surface area contributed by atoms with Crippen LogP contribution in [0.4, 0.5) is 5.69 Å². The van der Waals surface area contributed by atoms with Gasteiger partial charge in [-0.2, -0.15) is 0 Å². The molecule has 1 amide bonds. The molecule has 0 aliphatic rings. The Bertz CT molecular complexity index is 926. The lowest BCUT2D eigenvalue weighted by atomic mass is 10.0. The van der Waals surface area contributed by atoms with Crippen LogP contribution in [0, 0.1) is 20.8 Å². The third-order valence-electron chi connectivity index (χ3n) is 4.56. The minimum atomic E-state index is -0.160. The van der Waals surface area contributed by atoms with E-state index in [0.717, 1.165) is 34.7 Å². The lowest BCUT2D eigenvalue weighted by Gasteiger charge is -2.12. The van der Waals surface area contributed by atoms with Crippen LogP contribution >= 0.6 is 0 Å². The molecule has 0 aliphatic carbocycles. The molecular weight excluding hydrogens is 326 g/mol. The highest BCUT2D eigenvalue weighted by Gasteiger charge is 2.19. The largest absolute Gasteiger partial charge is 0.496 e. The Morgan fingerprint density at radius 2 is 1.77 bits per heavy atom. The minimum Gasteiger partial charge on any atom is -0.496 e. The van der Waals surface area contributed by atoms with Gasteiger partial charge in [-0.05, 0) is 44.5 Å². The van der Waals surface area contributed by atoms with E-state index >= 15 is 0 Å². The number of aryl methyl sites for hydroxylation is 2. The molecule has 0 saturated heterocycles. The zero-order valence-electron chi connectivity index (χ0n) is 15.6. The zero-order valence-corrected chi connectivity index (χ0v) is 15.6. The number of nitrogens with one attached hydrogen (secondary N) is 1. The van der Waals surface area contributed by atoms with Crippen LogP contribution < -0.4 is 10.1 Å². The average molecular weight is 349 g/mol. The van der Waals surface area contributed by atoms with Crippen molar-refractivity contribution in [2.75, 3.05) is 12.4 Å². The third kappa shape index (κ3) is 3.64. The highest BCUT2D eigenvalue weighted by molar-refractivity contribution is 6.06. The van der Waals surface area contributed by atoms with Crippen molar-refractivity contribution >= 4 is 11.6 Å². The second-order valence-corrected chi connectivity index (χ2v) is 6.36. The van der Waals surface area contributed by atoms with Crippen LogP contribution in [0.15, 0.2) is 52.9 Å². The van der Waals surface area contributed by atoms with Crippen molar-refractivity contribution in [3.8, 4) is 5.75 Å². The van der Waals surface area contributed by atoms with Gasteiger partial charge in [0.1, 0.15) is 17.3 Å². The number of ether oxygens (including phenoxy) is 1. The fourth-order valence-corrected chi connectivity index (χ4v) is 3.13. The van der Waals surface area contributed by atoms with Crippen molar-refractivity contribution in [3.63, 3.8) is 0 Å². The van der Waals surface area contributed by atoms with E-state index in [2.05, 4.69) is 17.4 Å². The van der Waals surface area contributed by atoms with Gasteiger partial charge in [-0.3, -0.25) is 4.79 Å². The number of furan rings is 1. The predicted molar refractivity (Wildman–Crippen MR) is 103 cm³/mol. The number of amides is 1. The summed E-state index contributed by atoms with van der Waals surface area (Å²) in [4.78, 5) is 12.7. The van der Waals surface area contributed by atoms with Crippen LogP contribution in [0.25, 0.3) is 0 Å². The Morgan fingerprint density at radius 1 is 1.04 bits per heavy atom. The molecule has 0 saturated carbocycles. The number of carbonyl (C=O) groups is 1. The standard InChI is InChI=1S/C22H23NO3/c1-14-15(2)26-16(3)21(14)22(24)23-19-10-11-20(25-4)18(13-19)12-17-8-6-5-7-9-17/h5-11,13H,12H2,1-4H3,(H,23,24). The summed E-state index contributed by atoms with van der Waals surface area (Å²) in [7, 11) is 1.66. The average Bonchev–Trinajstić information content (AvgIpc) is 2.88. The van der Waals surface area contributed by atoms with Gasteiger partial charge in [0.15, 0.2) is 0 Å². The lowest BCUT2D eigenvalue weighted by molar-refractivity contribution is 0.102. The van der Waals surface area contributed by atoms with Crippen molar-refractivity contribution in [1.29, 1.82) is 0 Å². The molecular formula is C22H23NO3. The van der Waals surface area contributed by atoms with Crippen molar-refractivity contribution in [3.05, 3.63) is 82.3 Å². The van der Waals surface area contributed by atoms with E-state index in [1.54, 1.807) is 7.11 Å². The summed E-state index contributed by atoms with van der Waals surface area (Å²) in [6.07, 6.45) is 0.733. The van der Waals surface area contributed by atoms with Crippen LogP contribution in [0.2, 0.25) is 0 Å². The van der Waals surface area contributed by atoms with Gasteiger partial charge in [-0.1, -0.05) is 30.3 Å². The molecule has 0 aliphatic heterocycles. The predicted octanol–water partition coefficient (Wildman–Crippen LogP) is 5.06. The summed E-state index contributed by atoms with van der Waals surface area (Å²) in [6, 6.07) is 15.9. The van der Waals surface area contributed by atoms with Crippen molar-refractivity contribution in [2.45, 2.75) is 27.2 Å². The van der Waals surface area contributed by atoms with Gasteiger partial charge < -0.3 is 14.5 Å². The zero-order chi connectivity index (χ0) is 18.7. The molecule has 4 heteroatoms. The lowest BCUT2D eigenvalue weighted by Crippen LogP contribution is -2.14. The Kier molecular flexibility index (Phi) is 5.12. The van der Waals surface area contributed by atoms with Crippen molar-refractivity contribution < 1.29 is 13.9 Å². The van der Waals surface area contributed by atoms with Gasteiger partial charge in [0.05, 0.1) is 12.7 Å². The third-order valence-corrected chi connectivity index (χ3v) is 4.56. The molecule has 0 atom stereocenters. The first-order valence-corrected chi connectivity index (χ1v) is 8.58. The van der Waals surface area contributed by atoms with Crippen LogP contribution in [0.3, 0.4) is 0 Å². The molecule has 0 unspecified atom stereocenters. The minimum absolute atomic E-state index is 0.160. The van der Waals surface area contributed by atoms with Gasteiger partial charge in [-0.15, -0.1) is 0 Å². The molecule has 134 valence electrons. The fraction of sp³-hybridized carbons (Fsp3) is 0.227. The Morgan fingerprint density at radius 3 is 2.38 bits per heavy atom. The first-order valence-electron chi connectivity index (χ1n) is 8.58. The van der Waals surface area contributed by atoms with E-state index in [1.165, 1.54) is 5.56 Å². The number of hydrogen-bond acceptors (Lipinski definition) is 3. The molecule has 0 radical (unpaired) electrons. The van der Waals surface area contributed by atoms with Crippen LogP contribution in [0.1, 0.15) is 38.6 Å². The van der Waals surface area contributed by atoms with Crippen LogP contribution in [-0.2, 0) is 6.42 Å². The topological polar surface area (TPSA) is 51.5 Å². The summed E-state index contributed by atoms with van der Waals surface area (Å²) < 4.78 is 11.0. The van der Waals surface area contributed by atoms with Crippen LogP contribution in [0.5, 0.6) is 5.75 Å².